The molecule has 1 aliphatic rings. The number of amides is 1. The van der Waals surface area contributed by atoms with E-state index in [-0.39, 0.29) is 23.6 Å². The zero-order valence-corrected chi connectivity index (χ0v) is 22.4. The molecule has 1 aliphatic heterocycles. The largest absolute Gasteiger partial charge is 0.496 e. The first-order valence-corrected chi connectivity index (χ1v) is 12.3. The predicted octanol–water partition coefficient (Wildman–Crippen LogP) is 4.85. The summed E-state index contributed by atoms with van der Waals surface area (Å²) in [6, 6.07) is 9.62. The van der Waals surface area contributed by atoms with Gasteiger partial charge in [-0.25, -0.2) is 18.3 Å². The van der Waals surface area contributed by atoms with Gasteiger partial charge in [0.25, 0.3) is 5.91 Å². The number of pyridine rings is 1. The summed E-state index contributed by atoms with van der Waals surface area (Å²) < 4.78 is 41.5. The standard InChI is InChI=1S/C29H23F2N5O5/c1-29(2,14-32)35(3)27(37)25-22-13-41-24-10-23(40-4)20(15-5-16(28(38)39)12-33-11-15)9-21(24)26(22)36(34-25)19-7-17(30)6-18(31)8-19/h5-12H,13H2,1-4H3,(H,38,39). The van der Waals surface area contributed by atoms with E-state index in [1.165, 1.54) is 42.2 Å². The molecule has 1 N–H and O–H groups in total. The molecule has 0 unspecified atom stereocenters. The highest BCUT2D eigenvalue weighted by Gasteiger charge is 2.36. The Hall–Kier alpha value is -5.31. The zero-order chi connectivity index (χ0) is 29.6. The van der Waals surface area contributed by atoms with Crippen LogP contribution in [0.5, 0.6) is 11.5 Å². The van der Waals surface area contributed by atoms with E-state index in [4.69, 9.17) is 9.47 Å². The zero-order valence-electron chi connectivity index (χ0n) is 22.4. The SMILES string of the molecule is COc1cc2c(cc1-c1cncc(C(=O)O)c1)-c1c(c(C(=O)N(C)C(C)(C)C#N)nn1-c1cc(F)cc(F)c1)CO2. The van der Waals surface area contributed by atoms with Crippen molar-refractivity contribution in [3.8, 4) is 45.6 Å². The van der Waals surface area contributed by atoms with Gasteiger partial charge < -0.3 is 19.5 Å². The van der Waals surface area contributed by atoms with Crippen molar-refractivity contribution in [1.29, 1.82) is 5.26 Å². The van der Waals surface area contributed by atoms with E-state index in [9.17, 15) is 28.7 Å². The first-order chi connectivity index (χ1) is 19.4. The molecular formula is C29H23F2N5O5. The lowest BCUT2D eigenvalue weighted by Crippen LogP contribution is -2.44. The molecular weight excluding hydrogens is 536 g/mol. The number of ether oxygens (including phenoxy) is 2. The van der Waals surface area contributed by atoms with E-state index in [0.29, 0.717) is 39.4 Å². The summed E-state index contributed by atoms with van der Waals surface area (Å²) >= 11 is 0. The van der Waals surface area contributed by atoms with Crippen LogP contribution in [0.3, 0.4) is 0 Å². The Morgan fingerprint density at radius 3 is 2.46 bits per heavy atom. The summed E-state index contributed by atoms with van der Waals surface area (Å²) in [7, 11) is 2.90. The van der Waals surface area contributed by atoms with Gasteiger partial charge in [-0.05, 0) is 38.1 Å². The first kappa shape index (κ1) is 27.3. The average Bonchev–Trinajstić information content (AvgIpc) is 3.35. The Morgan fingerprint density at radius 1 is 1.12 bits per heavy atom. The molecule has 4 aromatic rings. The fourth-order valence-corrected chi connectivity index (χ4v) is 4.49. The van der Waals surface area contributed by atoms with Crippen molar-refractivity contribution in [3.63, 3.8) is 0 Å². The lowest BCUT2D eigenvalue weighted by molar-refractivity contribution is 0.0682. The van der Waals surface area contributed by atoms with Gasteiger partial charge in [0, 0.05) is 53.8 Å². The normalized spacial score (nSPS) is 12.0. The van der Waals surface area contributed by atoms with E-state index in [2.05, 4.69) is 16.2 Å². The minimum atomic E-state index is -1.19. The summed E-state index contributed by atoms with van der Waals surface area (Å²) in [5.74, 6) is -2.77. The summed E-state index contributed by atoms with van der Waals surface area (Å²) in [5.41, 5.74) is 0.660. The van der Waals surface area contributed by atoms with Gasteiger partial charge in [0.1, 0.15) is 35.3 Å². The molecule has 208 valence electrons. The molecule has 0 radical (unpaired) electrons. The molecule has 1 amide bonds. The second kappa shape index (κ2) is 10.0. The lowest BCUT2D eigenvalue weighted by atomic mass is 9.95. The molecule has 0 aliphatic carbocycles. The number of benzene rings is 2. The van der Waals surface area contributed by atoms with Crippen LogP contribution in [0, 0.1) is 23.0 Å². The lowest BCUT2D eigenvalue weighted by Gasteiger charge is -2.29. The number of fused-ring (bicyclic) bond motifs is 3. The Balaban J connectivity index is 1.79. The maximum atomic E-state index is 14.3. The third-order valence-electron chi connectivity index (χ3n) is 6.92. The number of carbonyl (C=O) groups excluding carboxylic acids is 1. The molecule has 0 saturated heterocycles. The predicted molar refractivity (Wildman–Crippen MR) is 142 cm³/mol. The first-order valence-electron chi connectivity index (χ1n) is 12.3. The highest BCUT2D eigenvalue weighted by atomic mass is 19.1. The molecule has 2 aromatic carbocycles. The summed E-state index contributed by atoms with van der Waals surface area (Å²) in [6.07, 6.45) is 2.68. The molecule has 5 rings (SSSR count). The fourth-order valence-electron chi connectivity index (χ4n) is 4.49. The number of carboxylic acids is 1. The monoisotopic (exact) mass is 559 g/mol. The van der Waals surface area contributed by atoms with Gasteiger partial charge in [-0.1, -0.05) is 0 Å². The smallest absolute Gasteiger partial charge is 0.337 e. The van der Waals surface area contributed by atoms with Crippen molar-refractivity contribution in [1.82, 2.24) is 19.7 Å². The molecule has 0 atom stereocenters. The molecule has 0 spiro atoms. The van der Waals surface area contributed by atoms with E-state index >= 15 is 0 Å². The van der Waals surface area contributed by atoms with Crippen LogP contribution in [0.4, 0.5) is 8.78 Å². The highest BCUT2D eigenvalue weighted by molar-refractivity contribution is 5.97. The Kier molecular flexibility index (Phi) is 6.66. The number of hydrogen-bond donors (Lipinski definition) is 1. The number of carboxylic acid groups (broad SMARTS) is 1. The maximum absolute atomic E-state index is 14.3. The van der Waals surface area contributed by atoms with Crippen LogP contribution in [0.15, 0.2) is 48.8 Å². The Labute approximate surface area is 233 Å². The number of nitrogens with zero attached hydrogens (tertiary/aromatic N) is 5. The van der Waals surface area contributed by atoms with Crippen molar-refractivity contribution >= 4 is 11.9 Å². The van der Waals surface area contributed by atoms with Crippen molar-refractivity contribution in [2.75, 3.05) is 14.2 Å². The number of aromatic nitrogens is 3. The maximum Gasteiger partial charge on any atom is 0.337 e. The van der Waals surface area contributed by atoms with Crippen molar-refractivity contribution < 1.29 is 33.0 Å². The molecule has 0 fully saturated rings. The van der Waals surface area contributed by atoms with E-state index < -0.39 is 29.0 Å². The highest BCUT2D eigenvalue weighted by Crippen LogP contribution is 2.46. The number of aromatic carboxylic acids is 1. The van der Waals surface area contributed by atoms with Gasteiger partial charge in [0.05, 0.1) is 30.1 Å². The number of methoxy groups -OCH3 is 1. The Bertz CT molecular complexity index is 1760. The van der Waals surface area contributed by atoms with Crippen LogP contribution in [-0.2, 0) is 6.61 Å². The van der Waals surface area contributed by atoms with Crippen molar-refractivity contribution in [2.45, 2.75) is 26.0 Å². The molecule has 0 bridgehead atoms. The second-order valence-corrected chi connectivity index (χ2v) is 9.85. The van der Waals surface area contributed by atoms with Gasteiger partial charge in [-0.15, -0.1) is 0 Å². The third kappa shape index (κ3) is 4.71. The average molecular weight is 560 g/mol. The fraction of sp³-hybridized carbons (Fsp3) is 0.207. The molecule has 3 heterocycles. The number of halogens is 2. The van der Waals surface area contributed by atoms with E-state index in [0.717, 1.165) is 18.2 Å². The quantitative estimate of drug-likeness (QED) is 0.355. The van der Waals surface area contributed by atoms with Gasteiger partial charge in [-0.2, -0.15) is 10.4 Å². The van der Waals surface area contributed by atoms with Gasteiger partial charge in [0.15, 0.2) is 5.69 Å². The van der Waals surface area contributed by atoms with Crippen molar-refractivity contribution in [3.05, 3.63) is 77.2 Å². The van der Waals surface area contributed by atoms with Crippen LogP contribution < -0.4 is 9.47 Å². The number of carbonyl (C=O) groups is 2. The Morgan fingerprint density at radius 2 is 1.83 bits per heavy atom. The molecule has 41 heavy (non-hydrogen) atoms. The second-order valence-electron chi connectivity index (χ2n) is 9.85. The van der Waals surface area contributed by atoms with Crippen LogP contribution >= 0.6 is 0 Å². The minimum Gasteiger partial charge on any atom is -0.496 e. The summed E-state index contributed by atoms with van der Waals surface area (Å²) in [5, 5.41) is 23.5. The third-order valence-corrected chi connectivity index (χ3v) is 6.92. The topological polar surface area (TPSA) is 131 Å². The van der Waals surface area contributed by atoms with Crippen molar-refractivity contribution in [2.24, 2.45) is 0 Å². The van der Waals surface area contributed by atoms with Gasteiger partial charge >= 0.3 is 5.97 Å². The molecule has 2 aromatic heterocycles. The van der Waals surface area contributed by atoms with Crippen LogP contribution in [0.25, 0.3) is 28.1 Å². The molecule has 10 nitrogen and oxygen atoms in total. The van der Waals surface area contributed by atoms with Crippen LogP contribution in [0.2, 0.25) is 0 Å². The number of hydrogen-bond acceptors (Lipinski definition) is 7. The van der Waals surface area contributed by atoms with E-state index in [1.807, 2.05) is 0 Å². The van der Waals surface area contributed by atoms with E-state index in [1.54, 1.807) is 26.0 Å². The van der Waals surface area contributed by atoms with Gasteiger partial charge in [-0.3, -0.25) is 9.78 Å². The molecule has 12 heteroatoms. The number of nitriles is 1. The summed E-state index contributed by atoms with van der Waals surface area (Å²) in [4.78, 5) is 30.5. The van der Waals surface area contributed by atoms with Crippen LogP contribution in [-0.4, -0.2) is 56.3 Å². The van der Waals surface area contributed by atoms with Gasteiger partial charge in [0.2, 0.25) is 0 Å². The minimum absolute atomic E-state index is 0.0137. The summed E-state index contributed by atoms with van der Waals surface area (Å²) in [6.45, 7) is 3.03. The number of rotatable bonds is 6. The van der Waals surface area contributed by atoms with Crippen LogP contribution in [0.1, 0.15) is 40.3 Å². The molecule has 0 saturated carbocycles.